The summed E-state index contributed by atoms with van der Waals surface area (Å²) in [7, 11) is 0.975. The zero-order valence-electron chi connectivity index (χ0n) is 22.9. The highest BCUT2D eigenvalue weighted by molar-refractivity contribution is 7.53. The van der Waals surface area contributed by atoms with E-state index in [0.717, 1.165) is 19.3 Å². The van der Waals surface area contributed by atoms with Crippen molar-refractivity contribution >= 4 is 7.60 Å². The van der Waals surface area contributed by atoms with Crippen molar-refractivity contribution in [3.63, 3.8) is 0 Å². The highest BCUT2D eigenvalue weighted by Gasteiger charge is 2.48. The average molecular weight is 503 g/mol. The summed E-state index contributed by atoms with van der Waals surface area (Å²) in [6, 6.07) is 0. The number of likely N-dealkylation sites (N-methyl/N-ethyl adjacent to an activating group) is 1. The number of unbranched alkanes of at least 4 members (excludes halogenated alkanes) is 14. The molecule has 1 unspecified atom stereocenters. The fourth-order valence-electron chi connectivity index (χ4n) is 4.38. The van der Waals surface area contributed by atoms with Gasteiger partial charge in [0.25, 0.3) is 0 Å². The predicted octanol–water partition coefficient (Wildman–Crippen LogP) is 7.71. The quantitative estimate of drug-likeness (QED) is 0.0578. The van der Waals surface area contributed by atoms with Gasteiger partial charge >= 0.3 is 7.60 Å². The van der Waals surface area contributed by atoms with Gasteiger partial charge in [-0.25, -0.2) is 0 Å². The van der Waals surface area contributed by atoms with Crippen LogP contribution in [0, 0.1) is 0 Å². The van der Waals surface area contributed by atoms with Gasteiger partial charge in [-0.15, -0.1) is 0 Å². The number of hydrogen-bond donors (Lipinski definition) is 3. The van der Waals surface area contributed by atoms with E-state index < -0.39 is 12.9 Å². The van der Waals surface area contributed by atoms with Gasteiger partial charge in [0.15, 0.2) is 0 Å². The van der Waals surface area contributed by atoms with Gasteiger partial charge in [0.05, 0.1) is 21.1 Å². The smallest absolute Gasteiger partial charge is 0.362 e. The minimum absolute atomic E-state index is 0.0592. The lowest BCUT2D eigenvalue weighted by atomic mass is 10.0. The summed E-state index contributed by atoms with van der Waals surface area (Å²) in [6.45, 7) is 2.25. The summed E-state index contributed by atoms with van der Waals surface area (Å²) in [5, 5.41) is 8.65. The van der Waals surface area contributed by atoms with Crippen molar-refractivity contribution in [1.29, 1.82) is 0 Å². The fourth-order valence-corrected chi connectivity index (χ4v) is 5.44. The third kappa shape index (κ3) is 19.8. The Hall–Kier alpha value is -0.450. The van der Waals surface area contributed by atoms with Gasteiger partial charge in [0.1, 0.15) is 6.54 Å². The van der Waals surface area contributed by atoms with Gasteiger partial charge in [-0.05, 0) is 57.8 Å². The molecule has 0 heterocycles. The van der Waals surface area contributed by atoms with Crippen LogP contribution in [-0.2, 0) is 4.57 Å². The van der Waals surface area contributed by atoms with E-state index >= 15 is 0 Å². The first-order chi connectivity index (χ1) is 16.0. The van der Waals surface area contributed by atoms with Gasteiger partial charge in [-0.1, -0.05) is 89.0 Å². The Bertz CT molecular complexity index is 579. The molecular formula is C28H57NO4P+. The Morgan fingerprint density at radius 1 is 0.647 bits per heavy atom. The molecule has 0 saturated heterocycles. The Morgan fingerprint density at radius 3 is 1.35 bits per heavy atom. The lowest BCUT2D eigenvalue weighted by Crippen LogP contribution is -2.49. The average Bonchev–Trinajstić information content (AvgIpc) is 2.73. The third-order valence-electron chi connectivity index (χ3n) is 6.28. The molecule has 0 aliphatic heterocycles. The van der Waals surface area contributed by atoms with Crippen LogP contribution in [0.5, 0.6) is 0 Å². The molecule has 0 rings (SSSR count). The first-order valence-corrected chi connectivity index (χ1v) is 15.5. The van der Waals surface area contributed by atoms with Crippen molar-refractivity contribution in [2.24, 2.45) is 0 Å². The summed E-state index contributed by atoms with van der Waals surface area (Å²) in [5.74, 6) is 0. The number of aliphatic hydroxyl groups is 1. The van der Waals surface area contributed by atoms with Crippen molar-refractivity contribution in [2.75, 3.05) is 27.7 Å². The summed E-state index contributed by atoms with van der Waals surface area (Å²) in [5.41, 5.74) is 0. The normalized spacial score (nSPS) is 14.9. The number of nitrogens with zero attached hydrogens (tertiary/aromatic N) is 1. The van der Waals surface area contributed by atoms with Crippen LogP contribution < -0.4 is 0 Å². The van der Waals surface area contributed by atoms with Crippen LogP contribution in [0.15, 0.2) is 24.3 Å². The molecule has 0 bridgehead atoms. The van der Waals surface area contributed by atoms with Crippen LogP contribution in [-0.4, -0.2) is 52.4 Å². The largest absolute Gasteiger partial charge is 0.373 e. The summed E-state index contributed by atoms with van der Waals surface area (Å²) < 4.78 is 12.1. The predicted molar refractivity (Wildman–Crippen MR) is 147 cm³/mol. The SMILES string of the molecule is CC/C=C\CCCCCC/C=C\CCCCCCCCCCCC(O)(C[N+](C)(C)C)P(=O)(O)O. The van der Waals surface area contributed by atoms with Crippen LogP contribution in [0.1, 0.15) is 122 Å². The van der Waals surface area contributed by atoms with E-state index in [1.54, 1.807) is 0 Å². The van der Waals surface area contributed by atoms with E-state index in [2.05, 4.69) is 31.2 Å². The topological polar surface area (TPSA) is 77.8 Å². The Kier molecular flexibility index (Phi) is 19.4. The minimum Gasteiger partial charge on any atom is -0.373 e. The molecule has 202 valence electrons. The maximum Gasteiger partial charge on any atom is 0.362 e. The molecule has 5 nitrogen and oxygen atoms in total. The Morgan fingerprint density at radius 2 is 1.00 bits per heavy atom. The van der Waals surface area contributed by atoms with E-state index in [1.807, 2.05) is 21.1 Å². The molecule has 34 heavy (non-hydrogen) atoms. The van der Waals surface area contributed by atoms with E-state index in [4.69, 9.17) is 0 Å². The minimum atomic E-state index is -4.55. The van der Waals surface area contributed by atoms with Gasteiger partial charge in [-0.3, -0.25) is 4.57 Å². The monoisotopic (exact) mass is 502 g/mol. The molecule has 0 aliphatic carbocycles. The van der Waals surface area contributed by atoms with Gasteiger partial charge in [0.2, 0.25) is 5.34 Å². The molecule has 6 heteroatoms. The highest BCUT2D eigenvalue weighted by atomic mass is 31.2. The Labute approximate surface area is 211 Å². The lowest BCUT2D eigenvalue weighted by Gasteiger charge is -2.35. The number of allylic oxidation sites excluding steroid dienone is 4. The molecule has 0 aromatic heterocycles. The van der Waals surface area contributed by atoms with Crippen molar-refractivity contribution in [1.82, 2.24) is 0 Å². The second kappa shape index (κ2) is 19.7. The molecule has 1 atom stereocenters. The highest BCUT2D eigenvalue weighted by Crippen LogP contribution is 2.52. The number of quaternary nitrogens is 1. The Balaban J connectivity index is 3.56. The second-order valence-corrected chi connectivity index (χ2v) is 13.0. The van der Waals surface area contributed by atoms with E-state index in [0.29, 0.717) is 10.9 Å². The maximum atomic E-state index is 11.8. The van der Waals surface area contributed by atoms with E-state index in [-0.39, 0.29) is 13.0 Å². The first kappa shape index (κ1) is 33.5. The zero-order valence-corrected chi connectivity index (χ0v) is 23.8. The van der Waals surface area contributed by atoms with Crippen molar-refractivity contribution in [3.05, 3.63) is 24.3 Å². The maximum absolute atomic E-state index is 11.8. The first-order valence-electron chi connectivity index (χ1n) is 13.9. The molecule has 0 aromatic rings. The van der Waals surface area contributed by atoms with Crippen LogP contribution in [0.25, 0.3) is 0 Å². The van der Waals surface area contributed by atoms with Crippen LogP contribution in [0.4, 0.5) is 0 Å². The lowest BCUT2D eigenvalue weighted by molar-refractivity contribution is -0.875. The van der Waals surface area contributed by atoms with Crippen LogP contribution in [0.2, 0.25) is 0 Å². The molecular weight excluding hydrogens is 445 g/mol. The second-order valence-electron chi connectivity index (χ2n) is 11.0. The van der Waals surface area contributed by atoms with E-state index in [1.165, 1.54) is 83.5 Å². The molecule has 0 aromatic carbocycles. The molecule has 0 saturated carbocycles. The molecule has 0 fully saturated rings. The standard InChI is InChI=1S/C28H56NO4P/c1-5-6-7-8-9-10-11-12-13-14-15-16-17-18-19-20-21-22-23-24-25-26-28(30,34(31,32)33)27-29(2,3)4/h6-7,14-15,30H,5,8-13,16-27H2,1-4H3,(H-,31,32,33)/p+1/b7-6-,15-14-. The van der Waals surface area contributed by atoms with Gasteiger partial charge in [0, 0.05) is 0 Å². The fraction of sp³-hybridized carbons (Fsp3) is 0.857. The third-order valence-corrected chi connectivity index (χ3v) is 7.73. The summed E-state index contributed by atoms with van der Waals surface area (Å²) >= 11 is 0. The van der Waals surface area contributed by atoms with Gasteiger partial charge in [-0.2, -0.15) is 0 Å². The number of hydrogen-bond acceptors (Lipinski definition) is 2. The zero-order chi connectivity index (χ0) is 25.8. The van der Waals surface area contributed by atoms with Crippen LogP contribution in [0.3, 0.4) is 0 Å². The number of rotatable bonds is 23. The van der Waals surface area contributed by atoms with Gasteiger partial charge < -0.3 is 19.4 Å². The van der Waals surface area contributed by atoms with Crippen LogP contribution >= 0.6 is 7.60 Å². The van der Waals surface area contributed by atoms with E-state index in [9.17, 15) is 19.5 Å². The molecule has 0 aliphatic rings. The van der Waals surface area contributed by atoms with Crippen molar-refractivity contribution < 1.29 is 23.9 Å². The molecule has 0 spiro atoms. The molecule has 3 N–H and O–H groups in total. The molecule has 0 radical (unpaired) electrons. The van der Waals surface area contributed by atoms with Crippen molar-refractivity contribution in [3.8, 4) is 0 Å². The van der Waals surface area contributed by atoms with Crippen molar-refractivity contribution in [2.45, 2.75) is 128 Å². The summed E-state index contributed by atoms with van der Waals surface area (Å²) in [4.78, 5) is 19.2. The summed E-state index contributed by atoms with van der Waals surface area (Å²) in [6.07, 6.45) is 29.8. The molecule has 0 amide bonds.